The van der Waals surface area contributed by atoms with E-state index in [1.54, 1.807) is 0 Å². The molecule has 2 nitrogen and oxygen atoms in total. The topological polar surface area (TPSA) is 35.8 Å². The van der Waals surface area contributed by atoms with Crippen LogP contribution in [0.4, 0.5) is 0 Å². The molecule has 0 saturated heterocycles. The number of rotatable bonds is 3. The average molecular weight is 242 g/mol. The third-order valence-electron chi connectivity index (χ3n) is 4.33. The van der Waals surface area contributed by atoms with Crippen molar-refractivity contribution in [3.63, 3.8) is 0 Å². The van der Waals surface area contributed by atoms with Gasteiger partial charge in [-0.05, 0) is 36.0 Å². The Bertz CT molecular complexity index is 433. The lowest BCUT2D eigenvalue weighted by atomic mass is 9.78. The van der Waals surface area contributed by atoms with Crippen molar-refractivity contribution in [3.05, 3.63) is 35.4 Å². The second-order valence-electron chi connectivity index (χ2n) is 5.57. The zero-order valence-electron chi connectivity index (χ0n) is 11.3. The fraction of sp³-hybridized carbons (Fsp3) is 0.562. The van der Waals surface area contributed by atoms with Crippen molar-refractivity contribution in [2.45, 2.75) is 45.7 Å². The molecule has 0 spiro atoms. The van der Waals surface area contributed by atoms with Gasteiger partial charge in [0.15, 0.2) is 0 Å². The summed E-state index contributed by atoms with van der Waals surface area (Å²) in [5, 5.41) is 12.5. The molecule has 1 aromatic rings. The van der Waals surface area contributed by atoms with Crippen LogP contribution in [0.5, 0.6) is 0 Å². The molecular formula is C16H22N2. The van der Waals surface area contributed by atoms with Crippen molar-refractivity contribution in [1.29, 1.82) is 5.26 Å². The monoisotopic (exact) mass is 242 g/mol. The second kappa shape index (κ2) is 6.02. The molecule has 1 aliphatic rings. The standard InChI is InChI=1S/C16H22N2/c1-12-5-3-8-16(13(12)2)18-11-15-7-4-6-14(9-15)10-17/h4,6-7,9,12-13,16,18H,3,5,8,11H2,1-2H3. The van der Waals surface area contributed by atoms with Crippen LogP contribution in [0.2, 0.25) is 0 Å². The molecule has 1 aliphatic carbocycles. The fourth-order valence-corrected chi connectivity index (χ4v) is 2.87. The quantitative estimate of drug-likeness (QED) is 0.881. The van der Waals surface area contributed by atoms with E-state index in [0.29, 0.717) is 6.04 Å². The Balaban J connectivity index is 1.92. The van der Waals surface area contributed by atoms with Crippen molar-refractivity contribution >= 4 is 0 Å². The first-order chi connectivity index (χ1) is 8.70. The number of nitriles is 1. The van der Waals surface area contributed by atoms with Gasteiger partial charge >= 0.3 is 0 Å². The van der Waals surface area contributed by atoms with Gasteiger partial charge in [-0.3, -0.25) is 0 Å². The molecule has 1 saturated carbocycles. The summed E-state index contributed by atoms with van der Waals surface area (Å²) >= 11 is 0. The van der Waals surface area contributed by atoms with Crippen LogP contribution in [-0.4, -0.2) is 6.04 Å². The second-order valence-corrected chi connectivity index (χ2v) is 5.57. The van der Waals surface area contributed by atoms with E-state index < -0.39 is 0 Å². The molecule has 0 aliphatic heterocycles. The lowest BCUT2D eigenvalue weighted by Gasteiger charge is -2.34. The zero-order valence-corrected chi connectivity index (χ0v) is 11.3. The molecule has 96 valence electrons. The summed E-state index contributed by atoms with van der Waals surface area (Å²) in [4.78, 5) is 0. The summed E-state index contributed by atoms with van der Waals surface area (Å²) < 4.78 is 0. The first-order valence-corrected chi connectivity index (χ1v) is 6.93. The molecule has 2 rings (SSSR count). The van der Waals surface area contributed by atoms with Crippen LogP contribution in [0, 0.1) is 23.2 Å². The van der Waals surface area contributed by atoms with Crippen molar-refractivity contribution in [3.8, 4) is 6.07 Å². The van der Waals surface area contributed by atoms with Gasteiger partial charge in [-0.2, -0.15) is 5.26 Å². The molecule has 1 N–H and O–H groups in total. The zero-order chi connectivity index (χ0) is 13.0. The molecule has 0 amide bonds. The minimum atomic E-state index is 0.625. The molecule has 2 heteroatoms. The van der Waals surface area contributed by atoms with Gasteiger partial charge in [-0.1, -0.05) is 38.8 Å². The summed E-state index contributed by atoms with van der Waals surface area (Å²) in [5.74, 6) is 1.57. The molecule has 0 aromatic heterocycles. The minimum absolute atomic E-state index is 0.625. The first-order valence-electron chi connectivity index (χ1n) is 6.93. The maximum absolute atomic E-state index is 8.89. The van der Waals surface area contributed by atoms with Crippen LogP contribution in [0.25, 0.3) is 0 Å². The highest BCUT2D eigenvalue weighted by atomic mass is 14.9. The van der Waals surface area contributed by atoms with Crippen molar-refractivity contribution in [2.24, 2.45) is 11.8 Å². The number of nitrogens with one attached hydrogen (secondary N) is 1. The summed E-state index contributed by atoms with van der Waals surface area (Å²) in [5.41, 5.74) is 1.96. The summed E-state index contributed by atoms with van der Waals surface area (Å²) in [6.45, 7) is 5.58. The highest BCUT2D eigenvalue weighted by molar-refractivity contribution is 5.32. The third kappa shape index (κ3) is 3.11. The molecule has 18 heavy (non-hydrogen) atoms. The first kappa shape index (κ1) is 13.1. The predicted octanol–water partition coefficient (Wildman–Crippen LogP) is 3.47. The van der Waals surface area contributed by atoms with Crippen LogP contribution in [0.15, 0.2) is 24.3 Å². The summed E-state index contributed by atoms with van der Waals surface area (Å²) in [7, 11) is 0. The highest BCUT2D eigenvalue weighted by Gasteiger charge is 2.26. The normalized spacial score (nSPS) is 27.7. The van der Waals surface area contributed by atoms with E-state index in [-0.39, 0.29) is 0 Å². The number of hydrogen-bond acceptors (Lipinski definition) is 2. The smallest absolute Gasteiger partial charge is 0.0991 e. The van der Waals surface area contributed by atoms with Crippen LogP contribution < -0.4 is 5.32 Å². The molecule has 3 atom stereocenters. The largest absolute Gasteiger partial charge is 0.310 e. The van der Waals surface area contributed by atoms with E-state index in [1.807, 2.05) is 18.2 Å². The van der Waals surface area contributed by atoms with Gasteiger partial charge in [0.25, 0.3) is 0 Å². The van der Waals surface area contributed by atoms with Gasteiger partial charge < -0.3 is 5.32 Å². The number of nitrogens with zero attached hydrogens (tertiary/aromatic N) is 1. The lowest BCUT2D eigenvalue weighted by Crippen LogP contribution is -2.40. The van der Waals surface area contributed by atoms with Gasteiger partial charge in [0, 0.05) is 12.6 Å². The average Bonchev–Trinajstić information content (AvgIpc) is 2.41. The maximum atomic E-state index is 8.89. The van der Waals surface area contributed by atoms with Gasteiger partial charge in [-0.15, -0.1) is 0 Å². The molecular weight excluding hydrogens is 220 g/mol. The van der Waals surface area contributed by atoms with Crippen molar-refractivity contribution in [1.82, 2.24) is 5.32 Å². The van der Waals surface area contributed by atoms with Gasteiger partial charge in [-0.25, -0.2) is 0 Å². The van der Waals surface area contributed by atoms with E-state index in [2.05, 4.69) is 31.3 Å². The van der Waals surface area contributed by atoms with E-state index in [0.717, 1.165) is 23.9 Å². The molecule has 0 heterocycles. The number of benzene rings is 1. The van der Waals surface area contributed by atoms with Crippen LogP contribution >= 0.6 is 0 Å². The van der Waals surface area contributed by atoms with E-state index in [9.17, 15) is 0 Å². The van der Waals surface area contributed by atoms with Crippen molar-refractivity contribution in [2.75, 3.05) is 0 Å². The van der Waals surface area contributed by atoms with Gasteiger partial charge in [0.1, 0.15) is 0 Å². The SMILES string of the molecule is CC1CCCC(NCc2cccc(C#N)c2)C1C. The maximum Gasteiger partial charge on any atom is 0.0991 e. The van der Waals surface area contributed by atoms with E-state index >= 15 is 0 Å². The van der Waals surface area contributed by atoms with E-state index in [1.165, 1.54) is 24.8 Å². The Labute approximate surface area is 110 Å². The Morgan fingerprint density at radius 3 is 2.94 bits per heavy atom. The third-order valence-corrected chi connectivity index (χ3v) is 4.33. The van der Waals surface area contributed by atoms with Gasteiger partial charge in [0.2, 0.25) is 0 Å². The molecule has 1 fully saturated rings. The Kier molecular flexibility index (Phi) is 4.38. The molecule has 1 aromatic carbocycles. The van der Waals surface area contributed by atoms with Crippen LogP contribution in [0.1, 0.15) is 44.2 Å². The molecule has 3 unspecified atom stereocenters. The molecule has 0 radical (unpaired) electrons. The Morgan fingerprint density at radius 2 is 2.17 bits per heavy atom. The highest BCUT2D eigenvalue weighted by Crippen LogP contribution is 2.29. The summed E-state index contributed by atoms with van der Waals surface area (Å²) in [6.07, 6.45) is 3.98. The number of hydrogen-bond donors (Lipinski definition) is 1. The predicted molar refractivity (Wildman–Crippen MR) is 74.0 cm³/mol. The fourth-order valence-electron chi connectivity index (χ4n) is 2.87. The summed E-state index contributed by atoms with van der Waals surface area (Å²) in [6, 6.07) is 10.7. The van der Waals surface area contributed by atoms with Gasteiger partial charge in [0.05, 0.1) is 11.6 Å². The van der Waals surface area contributed by atoms with E-state index in [4.69, 9.17) is 5.26 Å². The Hall–Kier alpha value is -1.33. The van der Waals surface area contributed by atoms with Crippen LogP contribution in [0.3, 0.4) is 0 Å². The minimum Gasteiger partial charge on any atom is -0.310 e. The lowest BCUT2D eigenvalue weighted by molar-refractivity contribution is 0.206. The van der Waals surface area contributed by atoms with Crippen LogP contribution in [-0.2, 0) is 6.54 Å². The molecule has 0 bridgehead atoms. The Morgan fingerprint density at radius 1 is 1.33 bits per heavy atom. The van der Waals surface area contributed by atoms with Crippen molar-refractivity contribution < 1.29 is 0 Å².